The van der Waals surface area contributed by atoms with Crippen LogP contribution in [0.25, 0.3) is 0 Å². The summed E-state index contributed by atoms with van der Waals surface area (Å²) in [6.07, 6.45) is 0. The summed E-state index contributed by atoms with van der Waals surface area (Å²) in [5, 5.41) is 27.0. The Morgan fingerprint density at radius 2 is 0.867 bits per heavy atom. The predicted molar refractivity (Wildman–Crippen MR) is 166 cm³/mol. The first kappa shape index (κ1) is 33.2. The van der Waals surface area contributed by atoms with E-state index in [1.54, 1.807) is 72.4 Å². The molecule has 2 aliphatic rings. The van der Waals surface area contributed by atoms with Gasteiger partial charge in [-0.15, -0.1) is 0 Å². The number of aryl methyl sites for hydroxylation is 2. The van der Waals surface area contributed by atoms with Crippen molar-refractivity contribution in [2.45, 2.75) is 39.0 Å². The Kier molecular flexibility index (Phi) is 10.00. The van der Waals surface area contributed by atoms with E-state index in [0.29, 0.717) is 22.8 Å². The second-order valence-electron chi connectivity index (χ2n) is 10.5. The van der Waals surface area contributed by atoms with Gasteiger partial charge in [0.1, 0.15) is 11.7 Å². The number of rotatable bonds is 6. The fourth-order valence-corrected chi connectivity index (χ4v) is 5.25. The van der Waals surface area contributed by atoms with Crippen LogP contribution in [0.2, 0.25) is 0 Å². The molecular formula is C34H32IrN6O4+. The number of carbonyl (C=O) groups is 2. The maximum atomic E-state index is 11.8. The maximum Gasteiger partial charge on any atom is 3.00 e. The summed E-state index contributed by atoms with van der Waals surface area (Å²) >= 11 is 0. The molecule has 11 heteroatoms. The Balaban J connectivity index is 0.000000200. The summed E-state index contributed by atoms with van der Waals surface area (Å²) in [4.78, 5) is 32.4. The molecule has 0 saturated carbocycles. The van der Waals surface area contributed by atoms with Crippen LogP contribution < -0.4 is 31.1 Å². The van der Waals surface area contributed by atoms with Gasteiger partial charge in [-0.05, 0) is 51.0 Å². The quantitative estimate of drug-likeness (QED) is 0.305. The number of aliphatic imine (C=N–C) groups is 2. The first-order valence-corrected chi connectivity index (χ1v) is 14.0. The van der Waals surface area contributed by atoms with E-state index in [2.05, 4.69) is 20.8 Å². The Labute approximate surface area is 275 Å². The van der Waals surface area contributed by atoms with E-state index < -0.39 is 23.3 Å². The minimum Gasteiger partial charge on any atom is -0.546 e. The SMILES string of the molecule is CC1=NC(C(=O)[O-])(c2ccccc2)NN1c1ccccc1C.CC1=NC(C(=O)[O-])(c2ccccc2)NN1c1ccccc1C.[Ir+3]. The van der Waals surface area contributed by atoms with E-state index in [9.17, 15) is 19.8 Å². The van der Waals surface area contributed by atoms with Crippen LogP contribution in [0.5, 0.6) is 0 Å². The van der Waals surface area contributed by atoms with E-state index in [0.717, 1.165) is 22.5 Å². The number of nitrogens with zero attached hydrogens (tertiary/aromatic N) is 4. The minimum atomic E-state index is -1.60. The first-order valence-electron chi connectivity index (χ1n) is 14.0. The summed E-state index contributed by atoms with van der Waals surface area (Å²) in [7, 11) is 0. The monoisotopic (exact) mass is 781 g/mol. The molecule has 0 saturated heterocycles. The smallest absolute Gasteiger partial charge is 0.546 e. The van der Waals surface area contributed by atoms with Crippen molar-refractivity contribution in [2.75, 3.05) is 10.0 Å². The normalized spacial score (nSPS) is 20.4. The van der Waals surface area contributed by atoms with Gasteiger partial charge in [0.15, 0.2) is 11.3 Å². The van der Waals surface area contributed by atoms with Gasteiger partial charge in [0.05, 0.1) is 23.3 Å². The van der Waals surface area contributed by atoms with Gasteiger partial charge >= 0.3 is 20.1 Å². The molecule has 0 fully saturated rings. The number of hydrogen-bond acceptors (Lipinski definition) is 10. The van der Waals surface area contributed by atoms with Crippen molar-refractivity contribution >= 4 is 35.0 Å². The van der Waals surface area contributed by atoms with Gasteiger partial charge in [0.2, 0.25) is 0 Å². The molecule has 0 radical (unpaired) electrons. The number of benzene rings is 4. The predicted octanol–water partition coefficient (Wildman–Crippen LogP) is 2.68. The Hall–Kier alpha value is -4.67. The van der Waals surface area contributed by atoms with Crippen molar-refractivity contribution in [3.05, 3.63) is 131 Å². The van der Waals surface area contributed by atoms with Gasteiger partial charge in [0, 0.05) is 11.1 Å². The number of para-hydroxylation sites is 2. The van der Waals surface area contributed by atoms with Crippen molar-refractivity contribution in [3.63, 3.8) is 0 Å². The van der Waals surface area contributed by atoms with E-state index >= 15 is 0 Å². The summed E-state index contributed by atoms with van der Waals surface area (Å²) in [5.41, 5.74) is 7.62. The summed E-state index contributed by atoms with van der Waals surface area (Å²) < 4.78 is 0. The van der Waals surface area contributed by atoms with Crippen LogP contribution in [0, 0.1) is 13.8 Å². The second-order valence-corrected chi connectivity index (χ2v) is 10.5. The molecule has 4 aromatic rings. The van der Waals surface area contributed by atoms with Crippen LogP contribution in [0.3, 0.4) is 0 Å². The van der Waals surface area contributed by atoms with Gasteiger partial charge in [-0.3, -0.25) is 10.0 Å². The van der Waals surface area contributed by atoms with E-state index in [-0.39, 0.29) is 20.1 Å². The summed E-state index contributed by atoms with van der Waals surface area (Å²) in [6, 6.07) is 33.1. The Bertz CT molecular complexity index is 1620. The second kappa shape index (κ2) is 13.5. The van der Waals surface area contributed by atoms with Gasteiger partial charge in [-0.1, -0.05) is 97.1 Å². The summed E-state index contributed by atoms with van der Waals surface area (Å²) in [6.45, 7) is 7.47. The molecular weight excluding hydrogens is 749 g/mol. The third kappa shape index (κ3) is 6.29. The molecule has 6 rings (SSSR count). The van der Waals surface area contributed by atoms with Crippen LogP contribution in [0.4, 0.5) is 11.4 Å². The molecule has 0 aliphatic carbocycles. The van der Waals surface area contributed by atoms with Crippen molar-refractivity contribution in [1.29, 1.82) is 0 Å². The minimum absolute atomic E-state index is 0. The number of anilines is 2. The zero-order chi connectivity index (χ0) is 31.5. The number of carboxylic acids is 2. The standard InChI is InChI=1S/2C17H17N3O2.Ir/c2*1-12-8-6-7-11-15(12)20-13(2)18-17(19-20,16(21)22)14-9-4-3-5-10-14;/h2*3-11,19H,1-2H3,(H,21,22);/q;;+3/p-2. The largest absolute Gasteiger partial charge is 3.00 e. The number of carbonyl (C=O) groups excluding carboxylic acids is 2. The van der Waals surface area contributed by atoms with E-state index in [1.807, 2.05) is 74.5 Å². The Morgan fingerprint density at radius 1 is 0.556 bits per heavy atom. The average molecular weight is 781 g/mol. The van der Waals surface area contributed by atoms with E-state index in [1.165, 1.54) is 0 Å². The molecule has 10 nitrogen and oxygen atoms in total. The van der Waals surface area contributed by atoms with Gasteiger partial charge in [-0.2, -0.15) is 10.9 Å². The average Bonchev–Trinajstić information content (AvgIpc) is 3.57. The zero-order valence-corrected chi connectivity index (χ0v) is 27.5. The molecule has 0 amide bonds. The van der Waals surface area contributed by atoms with Crippen LogP contribution in [0.1, 0.15) is 36.1 Å². The molecule has 0 spiro atoms. The van der Waals surface area contributed by atoms with Crippen molar-refractivity contribution in [1.82, 2.24) is 10.9 Å². The molecule has 2 unspecified atom stereocenters. The maximum absolute atomic E-state index is 11.8. The zero-order valence-electron chi connectivity index (χ0n) is 25.1. The van der Waals surface area contributed by atoms with Crippen molar-refractivity contribution in [2.24, 2.45) is 9.98 Å². The fourth-order valence-electron chi connectivity index (χ4n) is 5.25. The Morgan fingerprint density at radius 3 is 1.18 bits per heavy atom. The van der Waals surface area contributed by atoms with Crippen molar-refractivity contribution < 1.29 is 39.9 Å². The van der Waals surface area contributed by atoms with Crippen LogP contribution in [-0.4, -0.2) is 23.6 Å². The van der Waals surface area contributed by atoms with Gasteiger partial charge < -0.3 is 19.8 Å². The number of carboxylic acid groups (broad SMARTS) is 2. The van der Waals surface area contributed by atoms with Crippen LogP contribution >= 0.6 is 0 Å². The van der Waals surface area contributed by atoms with Crippen molar-refractivity contribution in [3.8, 4) is 0 Å². The van der Waals surface area contributed by atoms with Gasteiger partial charge in [-0.25, -0.2) is 9.98 Å². The molecule has 0 aromatic heterocycles. The first-order chi connectivity index (χ1) is 21.1. The number of amidine groups is 2. The fraction of sp³-hybridized carbons (Fsp3) is 0.176. The molecule has 2 atom stereocenters. The molecule has 4 aromatic carbocycles. The topological polar surface area (TPSA) is 136 Å². The molecule has 2 aliphatic heterocycles. The molecule has 2 N–H and O–H groups in total. The number of hydrogen-bond donors (Lipinski definition) is 2. The number of aliphatic carboxylic acids is 2. The molecule has 0 bridgehead atoms. The molecule has 230 valence electrons. The van der Waals surface area contributed by atoms with Gasteiger partial charge in [0.25, 0.3) is 0 Å². The van der Waals surface area contributed by atoms with Crippen LogP contribution in [-0.2, 0) is 41.0 Å². The third-order valence-electron chi connectivity index (χ3n) is 7.54. The molecule has 2 heterocycles. The third-order valence-corrected chi connectivity index (χ3v) is 7.54. The number of nitrogens with one attached hydrogen (secondary N) is 2. The number of hydrazine groups is 2. The summed E-state index contributed by atoms with van der Waals surface area (Å²) in [5.74, 6) is -1.42. The van der Waals surface area contributed by atoms with Crippen LogP contribution in [0.15, 0.2) is 119 Å². The molecule has 45 heavy (non-hydrogen) atoms. The van der Waals surface area contributed by atoms with E-state index in [4.69, 9.17) is 0 Å².